The molecule has 0 saturated carbocycles. The first-order valence-corrected chi connectivity index (χ1v) is 7.29. The highest BCUT2D eigenvalue weighted by atomic mass is 16.5. The average molecular weight is 275 g/mol. The third kappa shape index (κ3) is 1.95. The predicted octanol–water partition coefficient (Wildman–Crippen LogP) is 4.54. The molecule has 1 aliphatic heterocycles. The molecule has 2 heteroatoms. The van der Waals surface area contributed by atoms with E-state index in [0.29, 0.717) is 0 Å². The number of benzene rings is 3. The molecule has 0 aliphatic carbocycles. The topological polar surface area (TPSA) is 12.5 Å². The molecular weight excluding hydrogens is 258 g/mol. The normalized spacial score (nSPS) is 13.5. The third-order valence-electron chi connectivity index (χ3n) is 4.22. The maximum Gasteiger partial charge on any atom is 0.119 e. The van der Waals surface area contributed by atoms with Crippen LogP contribution < -0.4 is 9.64 Å². The van der Waals surface area contributed by atoms with Crippen molar-refractivity contribution in [1.82, 2.24) is 0 Å². The molecule has 1 aliphatic rings. The van der Waals surface area contributed by atoms with Gasteiger partial charge in [-0.3, -0.25) is 0 Å². The van der Waals surface area contributed by atoms with E-state index in [1.165, 1.54) is 27.7 Å². The molecule has 104 valence electrons. The minimum Gasteiger partial charge on any atom is -0.497 e. The molecule has 21 heavy (non-hydrogen) atoms. The van der Waals surface area contributed by atoms with E-state index in [1.807, 2.05) is 6.07 Å². The zero-order chi connectivity index (χ0) is 14.2. The number of hydrogen-bond acceptors (Lipinski definition) is 2. The smallest absolute Gasteiger partial charge is 0.119 e. The Balaban J connectivity index is 1.92. The first-order chi connectivity index (χ1) is 10.4. The van der Waals surface area contributed by atoms with Crippen LogP contribution in [0.25, 0.3) is 10.8 Å². The Hall–Kier alpha value is -2.48. The van der Waals surface area contributed by atoms with Gasteiger partial charge < -0.3 is 9.64 Å². The average Bonchev–Trinajstić information content (AvgIpc) is 2.99. The molecule has 1 heterocycles. The molecule has 2 nitrogen and oxygen atoms in total. The summed E-state index contributed by atoms with van der Waals surface area (Å²) < 4.78 is 5.34. The Morgan fingerprint density at radius 3 is 2.62 bits per heavy atom. The quantitative estimate of drug-likeness (QED) is 0.680. The van der Waals surface area contributed by atoms with Crippen LogP contribution in [0.4, 0.5) is 11.4 Å². The van der Waals surface area contributed by atoms with Crippen molar-refractivity contribution < 1.29 is 4.74 Å². The molecule has 0 bridgehead atoms. The highest BCUT2D eigenvalue weighted by Gasteiger charge is 2.22. The van der Waals surface area contributed by atoms with Gasteiger partial charge in [0.2, 0.25) is 0 Å². The van der Waals surface area contributed by atoms with Gasteiger partial charge >= 0.3 is 0 Å². The van der Waals surface area contributed by atoms with Crippen LogP contribution in [-0.2, 0) is 6.42 Å². The maximum absolute atomic E-state index is 5.34. The number of anilines is 2. The summed E-state index contributed by atoms with van der Waals surface area (Å²) in [6, 6.07) is 21.4. The highest BCUT2D eigenvalue weighted by Crippen LogP contribution is 2.40. The first kappa shape index (κ1) is 12.3. The van der Waals surface area contributed by atoms with Crippen LogP contribution in [0.2, 0.25) is 0 Å². The van der Waals surface area contributed by atoms with Crippen LogP contribution in [0.15, 0.2) is 60.7 Å². The molecule has 0 fully saturated rings. The van der Waals surface area contributed by atoms with Gasteiger partial charge in [0.25, 0.3) is 0 Å². The van der Waals surface area contributed by atoms with Crippen LogP contribution in [-0.4, -0.2) is 13.7 Å². The van der Waals surface area contributed by atoms with Crippen LogP contribution in [0.1, 0.15) is 5.56 Å². The lowest BCUT2D eigenvalue weighted by Crippen LogP contribution is -2.13. The second-order valence-corrected chi connectivity index (χ2v) is 5.40. The van der Waals surface area contributed by atoms with Crippen LogP contribution in [0, 0.1) is 0 Å². The van der Waals surface area contributed by atoms with E-state index < -0.39 is 0 Å². The lowest BCUT2D eigenvalue weighted by atomic mass is 10.0. The van der Waals surface area contributed by atoms with Gasteiger partial charge in [0.1, 0.15) is 5.75 Å². The molecule has 0 radical (unpaired) electrons. The van der Waals surface area contributed by atoms with E-state index in [1.54, 1.807) is 7.11 Å². The van der Waals surface area contributed by atoms with Crippen molar-refractivity contribution in [2.75, 3.05) is 18.6 Å². The lowest BCUT2D eigenvalue weighted by molar-refractivity contribution is 0.415. The van der Waals surface area contributed by atoms with Gasteiger partial charge in [0, 0.05) is 17.6 Å². The summed E-state index contributed by atoms with van der Waals surface area (Å²) in [6.07, 6.45) is 1.10. The predicted molar refractivity (Wildman–Crippen MR) is 87.7 cm³/mol. The second kappa shape index (κ2) is 4.81. The summed E-state index contributed by atoms with van der Waals surface area (Å²) in [5.41, 5.74) is 4.04. The fourth-order valence-electron chi connectivity index (χ4n) is 3.19. The molecule has 0 amide bonds. The van der Waals surface area contributed by atoms with Gasteiger partial charge in [-0.25, -0.2) is 0 Å². The van der Waals surface area contributed by atoms with E-state index in [0.717, 1.165) is 18.7 Å². The molecule has 3 aromatic carbocycles. The van der Waals surface area contributed by atoms with Gasteiger partial charge in [-0.2, -0.15) is 0 Å². The zero-order valence-electron chi connectivity index (χ0n) is 12.0. The fourth-order valence-corrected chi connectivity index (χ4v) is 3.19. The SMILES string of the molecule is COc1ccc2c3c(ccc2c1)CCN3c1ccccc1. The van der Waals surface area contributed by atoms with E-state index in [9.17, 15) is 0 Å². The lowest BCUT2D eigenvalue weighted by Gasteiger charge is -2.21. The number of hydrogen-bond donors (Lipinski definition) is 0. The molecule has 4 rings (SSSR count). The van der Waals surface area contributed by atoms with Crippen molar-refractivity contribution in [2.24, 2.45) is 0 Å². The number of nitrogens with zero attached hydrogens (tertiary/aromatic N) is 1. The Morgan fingerprint density at radius 2 is 1.81 bits per heavy atom. The van der Waals surface area contributed by atoms with Crippen LogP contribution >= 0.6 is 0 Å². The van der Waals surface area contributed by atoms with Crippen LogP contribution in [0.3, 0.4) is 0 Å². The van der Waals surface area contributed by atoms with Crippen molar-refractivity contribution in [1.29, 1.82) is 0 Å². The van der Waals surface area contributed by atoms with Crippen molar-refractivity contribution in [3.63, 3.8) is 0 Å². The van der Waals surface area contributed by atoms with Gasteiger partial charge in [0.05, 0.1) is 12.8 Å². The van der Waals surface area contributed by atoms with Gasteiger partial charge in [-0.05, 0) is 47.7 Å². The minimum absolute atomic E-state index is 0.909. The van der Waals surface area contributed by atoms with E-state index >= 15 is 0 Å². The number of methoxy groups -OCH3 is 1. The van der Waals surface area contributed by atoms with Gasteiger partial charge in [-0.1, -0.05) is 30.3 Å². The van der Waals surface area contributed by atoms with Crippen molar-refractivity contribution >= 4 is 22.1 Å². The summed E-state index contributed by atoms with van der Waals surface area (Å²) in [5, 5.41) is 2.53. The summed E-state index contributed by atoms with van der Waals surface area (Å²) in [4.78, 5) is 2.42. The summed E-state index contributed by atoms with van der Waals surface area (Å²) in [7, 11) is 1.71. The molecule has 0 N–H and O–H groups in total. The third-order valence-corrected chi connectivity index (χ3v) is 4.22. The monoisotopic (exact) mass is 275 g/mol. The summed E-state index contributed by atoms with van der Waals surface area (Å²) in [6.45, 7) is 1.05. The van der Waals surface area contributed by atoms with E-state index in [2.05, 4.69) is 59.5 Å². The number of fused-ring (bicyclic) bond motifs is 3. The molecular formula is C19H17NO. The second-order valence-electron chi connectivity index (χ2n) is 5.40. The number of ether oxygens (including phenoxy) is 1. The molecule has 0 saturated heterocycles. The highest BCUT2D eigenvalue weighted by molar-refractivity contribution is 5.99. The Kier molecular flexibility index (Phi) is 2.81. The summed E-state index contributed by atoms with van der Waals surface area (Å²) in [5.74, 6) is 0.909. The molecule has 0 spiro atoms. The summed E-state index contributed by atoms with van der Waals surface area (Å²) >= 11 is 0. The van der Waals surface area contributed by atoms with Gasteiger partial charge in [0.15, 0.2) is 0 Å². The van der Waals surface area contributed by atoms with Gasteiger partial charge in [-0.15, -0.1) is 0 Å². The first-order valence-electron chi connectivity index (χ1n) is 7.29. The molecule has 0 atom stereocenters. The Morgan fingerprint density at radius 1 is 0.952 bits per heavy atom. The number of rotatable bonds is 2. The van der Waals surface area contributed by atoms with E-state index in [-0.39, 0.29) is 0 Å². The minimum atomic E-state index is 0.909. The zero-order valence-corrected chi connectivity index (χ0v) is 12.0. The molecule has 0 unspecified atom stereocenters. The number of para-hydroxylation sites is 1. The fraction of sp³-hybridized carbons (Fsp3) is 0.158. The van der Waals surface area contributed by atoms with Crippen LogP contribution in [0.5, 0.6) is 5.75 Å². The Bertz CT molecular complexity index is 795. The van der Waals surface area contributed by atoms with Crippen molar-refractivity contribution in [3.05, 3.63) is 66.2 Å². The standard InChI is InChI=1S/C19H17NO/c1-21-17-9-10-18-15(13-17)8-7-14-11-12-20(19(14)18)16-5-3-2-4-6-16/h2-10,13H,11-12H2,1H3. The molecule has 3 aromatic rings. The molecule has 0 aromatic heterocycles. The van der Waals surface area contributed by atoms with Crippen molar-refractivity contribution in [3.8, 4) is 5.75 Å². The maximum atomic E-state index is 5.34. The largest absolute Gasteiger partial charge is 0.497 e. The van der Waals surface area contributed by atoms with E-state index in [4.69, 9.17) is 4.74 Å². The Labute approximate surface area is 124 Å². The van der Waals surface area contributed by atoms with Crippen molar-refractivity contribution in [2.45, 2.75) is 6.42 Å².